The second-order valence-electron chi connectivity index (χ2n) is 9.40. The summed E-state index contributed by atoms with van der Waals surface area (Å²) in [4.78, 5) is 24.9. The van der Waals surface area contributed by atoms with Gasteiger partial charge in [-0.05, 0) is 92.0 Å². The zero-order valence-electron chi connectivity index (χ0n) is 20.6. The zero-order valence-corrected chi connectivity index (χ0v) is 21.4. The van der Waals surface area contributed by atoms with Crippen LogP contribution < -0.4 is 10.6 Å². The number of aliphatic carboxylic acids is 1. The second-order valence-corrected chi connectivity index (χ2v) is 10.4. The molecule has 2 aromatic carbocycles. The van der Waals surface area contributed by atoms with E-state index in [1.165, 1.54) is 32.1 Å². The van der Waals surface area contributed by atoms with E-state index in [0.29, 0.717) is 17.7 Å². The molecule has 0 radical (unpaired) electrons. The lowest BCUT2D eigenvalue weighted by molar-refractivity contribution is -0.139. The molecule has 2 aromatic rings. The molecule has 0 aromatic heterocycles. The molecule has 3 rings (SSSR count). The van der Waals surface area contributed by atoms with E-state index >= 15 is 0 Å². The molecule has 0 bridgehead atoms. The number of carboxylic acids is 1. The van der Waals surface area contributed by atoms with Crippen LogP contribution >= 0.6 is 11.8 Å². The van der Waals surface area contributed by atoms with E-state index in [2.05, 4.69) is 23.6 Å². The molecule has 3 N–H and O–H groups in total. The lowest BCUT2D eigenvalue weighted by atomic mass is 9.88. The molecule has 6 heteroatoms. The average molecular weight is 483 g/mol. The molecule has 184 valence electrons. The summed E-state index contributed by atoms with van der Waals surface area (Å²) in [6.07, 6.45) is 8.94. The summed E-state index contributed by atoms with van der Waals surface area (Å²) < 4.78 is 0. The fourth-order valence-corrected chi connectivity index (χ4v) is 5.18. The summed E-state index contributed by atoms with van der Waals surface area (Å²) >= 11 is 1.57. The number of amides is 1. The highest BCUT2D eigenvalue weighted by Gasteiger charge is 2.23. The van der Waals surface area contributed by atoms with Crippen LogP contribution in [0.5, 0.6) is 0 Å². The fourth-order valence-electron chi connectivity index (χ4n) is 4.71. The van der Waals surface area contributed by atoms with Crippen molar-refractivity contribution in [3.05, 3.63) is 59.2 Å². The van der Waals surface area contributed by atoms with Crippen molar-refractivity contribution in [1.82, 2.24) is 10.6 Å². The summed E-state index contributed by atoms with van der Waals surface area (Å²) in [7, 11) is 0. The molecule has 2 atom stereocenters. The van der Waals surface area contributed by atoms with E-state index in [4.69, 9.17) is 0 Å². The van der Waals surface area contributed by atoms with E-state index < -0.39 is 12.0 Å². The highest BCUT2D eigenvalue weighted by molar-refractivity contribution is 7.98. The predicted octanol–water partition coefficient (Wildman–Crippen LogP) is 5.83. The van der Waals surface area contributed by atoms with Gasteiger partial charge < -0.3 is 15.7 Å². The molecule has 1 fully saturated rings. The van der Waals surface area contributed by atoms with Crippen LogP contribution in [0.4, 0.5) is 0 Å². The Balaban J connectivity index is 1.86. The lowest BCUT2D eigenvalue weighted by Gasteiger charge is -2.25. The predicted molar refractivity (Wildman–Crippen MR) is 141 cm³/mol. The standard InChI is InChI=1S/C28H38N2O3S/c1-19-9-7-8-12-23(19)25-17-22(20(2)29-18-21-10-5-4-6-11-21)13-14-24(25)27(31)30-26(28(32)33)15-16-34-3/h7-9,12-14,17,20-21,26,29H,4-6,10-11,15-16,18H2,1-3H3,(H,30,31)(H,32,33). The molecular weight excluding hydrogens is 444 g/mol. The Labute approximate surface area is 208 Å². The third-order valence-corrected chi connectivity index (χ3v) is 7.52. The van der Waals surface area contributed by atoms with Gasteiger partial charge in [0.25, 0.3) is 5.91 Å². The zero-order chi connectivity index (χ0) is 24.5. The smallest absolute Gasteiger partial charge is 0.326 e. The maximum absolute atomic E-state index is 13.2. The van der Waals surface area contributed by atoms with Gasteiger partial charge in [-0.15, -0.1) is 0 Å². The Morgan fingerprint density at radius 2 is 1.82 bits per heavy atom. The molecular formula is C28H38N2O3S. The Morgan fingerprint density at radius 1 is 1.09 bits per heavy atom. The molecule has 5 nitrogen and oxygen atoms in total. The number of carbonyl (C=O) groups is 2. The van der Waals surface area contributed by atoms with Crippen molar-refractivity contribution in [1.29, 1.82) is 0 Å². The molecule has 34 heavy (non-hydrogen) atoms. The average Bonchev–Trinajstić information content (AvgIpc) is 2.85. The number of rotatable bonds is 11. The highest BCUT2D eigenvalue weighted by Crippen LogP contribution is 2.30. The summed E-state index contributed by atoms with van der Waals surface area (Å²) in [6, 6.07) is 13.2. The number of thioether (sulfide) groups is 1. The highest BCUT2D eigenvalue weighted by atomic mass is 32.2. The number of carboxylic acid groups (broad SMARTS) is 1. The minimum absolute atomic E-state index is 0.162. The largest absolute Gasteiger partial charge is 0.480 e. The van der Waals surface area contributed by atoms with Crippen LogP contribution in [0.15, 0.2) is 42.5 Å². The lowest BCUT2D eigenvalue weighted by Crippen LogP contribution is -2.41. The van der Waals surface area contributed by atoms with Gasteiger partial charge in [0.05, 0.1) is 0 Å². The third kappa shape index (κ3) is 7.09. The van der Waals surface area contributed by atoms with E-state index in [1.807, 2.05) is 49.6 Å². The van der Waals surface area contributed by atoms with Crippen molar-refractivity contribution >= 4 is 23.6 Å². The van der Waals surface area contributed by atoms with Crippen molar-refractivity contribution in [2.45, 2.75) is 64.5 Å². The van der Waals surface area contributed by atoms with Gasteiger partial charge in [0, 0.05) is 11.6 Å². The number of benzene rings is 2. The van der Waals surface area contributed by atoms with E-state index in [9.17, 15) is 14.7 Å². The number of hydrogen-bond acceptors (Lipinski definition) is 4. The van der Waals surface area contributed by atoms with Crippen LogP contribution in [0.2, 0.25) is 0 Å². The van der Waals surface area contributed by atoms with Crippen molar-refractivity contribution in [2.24, 2.45) is 5.92 Å². The summed E-state index contributed by atoms with van der Waals surface area (Å²) in [5, 5.41) is 16.0. The SMILES string of the molecule is CSCCC(NC(=O)c1ccc(C(C)NCC2CCCCC2)cc1-c1ccccc1C)C(=O)O. The number of aryl methyl sites for hydroxylation is 1. The van der Waals surface area contributed by atoms with Crippen LogP contribution in [0.25, 0.3) is 11.1 Å². The van der Waals surface area contributed by atoms with E-state index in [1.54, 1.807) is 11.8 Å². The fraction of sp³-hybridized carbons (Fsp3) is 0.500. The van der Waals surface area contributed by atoms with Gasteiger partial charge in [0.2, 0.25) is 0 Å². The van der Waals surface area contributed by atoms with Gasteiger partial charge in [-0.25, -0.2) is 4.79 Å². The maximum atomic E-state index is 13.2. The van der Waals surface area contributed by atoms with E-state index in [0.717, 1.165) is 34.7 Å². The quantitative estimate of drug-likeness (QED) is 0.376. The molecule has 1 aliphatic carbocycles. The maximum Gasteiger partial charge on any atom is 0.326 e. The molecule has 2 unspecified atom stereocenters. The third-order valence-electron chi connectivity index (χ3n) is 6.88. The molecule has 0 saturated heterocycles. The first-order valence-corrected chi connectivity index (χ1v) is 13.8. The number of nitrogens with one attached hydrogen (secondary N) is 2. The normalized spacial score (nSPS) is 16.1. The molecule has 0 spiro atoms. The van der Waals surface area contributed by atoms with Crippen molar-refractivity contribution in [3.63, 3.8) is 0 Å². The van der Waals surface area contributed by atoms with Crippen molar-refractivity contribution in [3.8, 4) is 11.1 Å². The minimum atomic E-state index is -1.00. The van der Waals surface area contributed by atoms with Gasteiger partial charge in [-0.2, -0.15) is 11.8 Å². The van der Waals surface area contributed by atoms with Crippen molar-refractivity contribution < 1.29 is 14.7 Å². The Kier molecular flexibility index (Phi) is 10.0. The summed E-state index contributed by atoms with van der Waals surface area (Å²) in [6.45, 7) is 5.22. The van der Waals surface area contributed by atoms with Gasteiger partial charge >= 0.3 is 5.97 Å². The Bertz CT molecular complexity index is 972. The molecule has 0 aliphatic heterocycles. The molecule has 1 aliphatic rings. The monoisotopic (exact) mass is 482 g/mol. The van der Waals surface area contributed by atoms with Crippen LogP contribution in [0, 0.1) is 12.8 Å². The number of carbonyl (C=O) groups excluding carboxylic acids is 1. The Hall–Kier alpha value is -2.31. The molecule has 1 saturated carbocycles. The first-order chi connectivity index (χ1) is 16.4. The van der Waals surface area contributed by atoms with Gasteiger partial charge in [-0.3, -0.25) is 4.79 Å². The minimum Gasteiger partial charge on any atom is -0.480 e. The van der Waals surface area contributed by atoms with Gasteiger partial charge in [0.15, 0.2) is 0 Å². The second kappa shape index (κ2) is 13.0. The molecule has 1 amide bonds. The van der Waals surface area contributed by atoms with Gasteiger partial charge in [0.1, 0.15) is 6.04 Å². The summed E-state index contributed by atoms with van der Waals surface area (Å²) in [5.74, 6) is 0.0646. The van der Waals surface area contributed by atoms with Crippen LogP contribution in [-0.4, -0.2) is 41.6 Å². The van der Waals surface area contributed by atoms with E-state index in [-0.39, 0.29) is 11.9 Å². The molecule has 0 heterocycles. The topological polar surface area (TPSA) is 78.4 Å². The Morgan fingerprint density at radius 3 is 2.50 bits per heavy atom. The first kappa shape index (κ1) is 26.3. The van der Waals surface area contributed by atoms with Gasteiger partial charge in [-0.1, -0.05) is 49.6 Å². The first-order valence-electron chi connectivity index (χ1n) is 12.4. The van der Waals surface area contributed by atoms with Crippen LogP contribution in [-0.2, 0) is 4.79 Å². The van der Waals surface area contributed by atoms with Crippen LogP contribution in [0.1, 0.15) is 73.0 Å². The van der Waals surface area contributed by atoms with Crippen molar-refractivity contribution in [2.75, 3.05) is 18.6 Å². The number of hydrogen-bond donors (Lipinski definition) is 3. The summed E-state index contributed by atoms with van der Waals surface area (Å²) in [5.41, 5.74) is 4.54. The van der Waals surface area contributed by atoms with Crippen LogP contribution in [0.3, 0.4) is 0 Å².